The fraction of sp³-hybridized carbons (Fsp3) is 0.444. The maximum atomic E-state index is 12.8. The Bertz CT molecular complexity index is 1480. The van der Waals surface area contributed by atoms with Crippen molar-refractivity contribution in [2.24, 2.45) is 5.92 Å². The van der Waals surface area contributed by atoms with E-state index in [4.69, 9.17) is 29.0 Å². The number of aromatic nitrogens is 3. The van der Waals surface area contributed by atoms with Gasteiger partial charge in [-0.05, 0) is 35.2 Å². The zero-order valence-corrected chi connectivity index (χ0v) is 24.3. The monoisotopic (exact) mass is 585 g/mol. The Morgan fingerprint density at radius 2 is 1.98 bits per heavy atom. The number of carbonyl (C=O) groups is 2. The van der Waals surface area contributed by atoms with Crippen LogP contribution in [-0.4, -0.2) is 52.0 Å². The maximum absolute atomic E-state index is 12.8. The molecule has 0 radical (unpaired) electrons. The van der Waals surface area contributed by atoms with Crippen molar-refractivity contribution in [2.45, 2.75) is 63.9 Å². The topological polar surface area (TPSA) is 177 Å². The summed E-state index contributed by atoms with van der Waals surface area (Å²) < 4.78 is 42.2. The van der Waals surface area contributed by atoms with Crippen molar-refractivity contribution in [2.75, 3.05) is 12.3 Å². The van der Waals surface area contributed by atoms with Gasteiger partial charge in [0.25, 0.3) is 6.47 Å². The lowest BCUT2D eigenvalue weighted by Crippen LogP contribution is -2.45. The van der Waals surface area contributed by atoms with Gasteiger partial charge >= 0.3 is 14.2 Å². The molecule has 218 valence electrons. The first-order valence-electron chi connectivity index (χ1n) is 12.8. The third-order valence-corrected chi connectivity index (χ3v) is 7.45. The lowest BCUT2D eigenvalue weighted by molar-refractivity contribution is -0.165. The molecule has 2 N–H and O–H groups in total. The van der Waals surface area contributed by atoms with Gasteiger partial charge in [0, 0.05) is 0 Å². The molecule has 1 fully saturated rings. The first-order valence-corrected chi connectivity index (χ1v) is 14.1. The molecular formula is C27H32N5O8P. The highest BCUT2D eigenvalue weighted by atomic mass is 31.1. The number of esters is 1. The van der Waals surface area contributed by atoms with Gasteiger partial charge in [0.15, 0.2) is 18.0 Å². The van der Waals surface area contributed by atoms with Crippen molar-refractivity contribution in [3.05, 3.63) is 54.0 Å². The van der Waals surface area contributed by atoms with Crippen molar-refractivity contribution in [1.29, 1.82) is 5.26 Å². The number of nitrogens with zero attached hydrogens (tertiary/aromatic N) is 4. The Hall–Kier alpha value is -3.98. The average Bonchev–Trinajstić information content (AvgIpc) is 3.48. The van der Waals surface area contributed by atoms with Gasteiger partial charge in [-0.2, -0.15) is 10.4 Å². The van der Waals surface area contributed by atoms with Crippen LogP contribution in [0.3, 0.4) is 0 Å². The van der Waals surface area contributed by atoms with E-state index in [-0.39, 0.29) is 23.4 Å². The van der Waals surface area contributed by atoms with Crippen molar-refractivity contribution < 1.29 is 37.4 Å². The molecule has 5 atom stereocenters. The summed E-state index contributed by atoms with van der Waals surface area (Å²) in [4.78, 5) is 28.2. The van der Waals surface area contributed by atoms with Crippen molar-refractivity contribution in [3.8, 4) is 11.8 Å². The molecular weight excluding hydrogens is 553 g/mol. The Kier molecular flexibility index (Phi) is 8.68. The fourth-order valence-corrected chi connectivity index (χ4v) is 5.14. The van der Waals surface area contributed by atoms with Crippen molar-refractivity contribution >= 4 is 32.0 Å². The number of rotatable bonds is 10. The molecule has 1 aliphatic heterocycles. The summed E-state index contributed by atoms with van der Waals surface area (Å²) >= 11 is 0. The van der Waals surface area contributed by atoms with Crippen LogP contribution in [0.1, 0.15) is 45.9 Å². The quantitative estimate of drug-likeness (QED) is 0.209. The number of ether oxygens (including phenoxy) is 3. The Labute approximate surface area is 237 Å². The number of nitrogen functional groups attached to an aromatic ring is 1. The van der Waals surface area contributed by atoms with E-state index in [2.05, 4.69) is 36.9 Å². The van der Waals surface area contributed by atoms with Gasteiger partial charge < -0.3 is 24.5 Å². The first kappa shape index (κ1) is 30.0. The van der Waals surface area contributed by atoms with Crippen molar-refractivity contribution in [1.82, 2.24) is 14.6 Å². The van der Waals surface area contributed by atoms with Gasteiger partial charge in [0.2, 0.25) is 5.60 Å². The van der Waals surface area contributed by atoms with Crippen LogP contribution < -0.4 is 10.3 Å². The van der Waals surface area contributed by atoms with Gasteiger partial charge in [0.1, 0.15) is 29.8 Å². The molecule has 0 amide bonds. The largest absolute Gasteiger partial charge is 0.456 e. The van der Waals surface area contributed by atoms with Crippen LogP contribution in [0.4, 0.5) is 5.82 Å². The van der Waals surface area contributed by atoms with E-state index in [1.54, 1.807) is 32.0 Å². The third-order valence-electron chi connectivity index (χ3n) is 6.64. The van der Waals surface area contributed by atoms with Gasteiger partial charge in [-0.1, -0.05) is 46.8 Å². The summed E-state index contributed by atoms with van der Waals surface area (Å²) in [6.45, 7) is 9.16. The van der Waals surface area contributed by atoms with Crippen LogP contribution in [0.2, 0.25) is 0 Å². The number of fused-ring (bicyclic) bond motifs is 1. The summed E-state index contributed by atoms with van der Waals surface area (Å²) in [6, 6.07) is 12.3. The summed E-state index contributed by atoms with van der Waals surface area (Å²) in [5, 5.41) is 14.6. The van der Waals surface area contributed by atoms with E-state index in [1.807, 2.05) is 12.1 Å². The molecule has 3 heterocycles. The lowest BCUT2D eigenvalue weighted by atomic mass is 9.87. The van der Waals surface area contributed by atoms with Crippen LogP contribution in [0, 0.1) is 17.2 Å². The fourth-order valence-electron chi connectivity index (χ4n) is 4.46. The molecule has 0 saturated carbocycles. The van der Waals surface area contributed by atoms with Crippen LogP contribution in [0.15, 0.2) is 42.7 Å². The normalized spacial score (nSPS) is 23.2. The number of anilines is 1. The number of hydrogen-bond donors (Lipinski definition) is 1. The van der Waals surface area contributed by atoms with Gasteiger partial charge in [-0.15, -0.1) is 0 Å². The summed E-state index contributed by atoms with van der Waals surface area (Å²) in [6.07, 6.45) is -2.74. The number of benzene rings is 1. The van der Waals surface area contributed by atoms with E-state index in [0.29, 0.717) is 11.3 Å². The molecule has 1 saturated heterocycles. The molecule has 3 aromatic rings. The van der Waals surface area contributed by atoms with E-state index >= 15 is 0 Å². The zero-order valence-electron chi connectivity index (χ0n) is 23.3. The zero-order chi connectivity index (χ0) is 29.9. The predicted molar refractivity (Wildman–Crippen MR) is 146 cm³/mol. The number of nitrogens with two attached hydrogens (primary N) is 1. The highest BCUT2D eigenvalue weighted by Crippen LogP contribution is 2.44. The lowest BCUT2D eigenvalue weighted by Gasteiger charge is -2.27. The number of carbonyl (C=O) groups excluding carboxylic acids is 2. The number of nitriles is 1. The Morgan fingerprint density at radius 1 is 1.27 bits per heavy atom. The second-order valence-corrected chi connectivity index (χ2v) is 11.8. The van der Waals surface area contributed by atoms with Gasteiger partial charge in [-0.3, -0.25) is 14.1 Å². The highest BCUT2D eigenvalue weighted by Gasteiger charge is 2.62. The summed E-state index contributed by atoms with van der Waals surface area (Å²) in [5.74, 6) is -0.710. The minimum atomic E-state index is -3.12. The summed E-state index contributed by atoms with van der Waals surface area (Å²) in [5.41, 5.74) is 5.46. The van der Waals surface area contributed by atoms with Crippen LogP contribution in [0.25, 0.3) is 5.52 Å². The molecule has 14 heteroatoms. The molecule has 0 aliphatic carbocycles. The average molecular weight is 586 g/mol. The minimum absolute atomic E-state index is 0.0705. The molecule has 0 bridgehead atoms. The van der Waals surface area contributed by atoms with E-state index in [1.165, 1.54) is 16.9 Å². The van der Waals surface area contributed by atoms with Crippen molar-refractivity contribution in [3.63, 3.8) is 0 Å². The van der Waals surface area contributed by atoms with E-state index < -0.39 is 50.7 Å². The minimum Gasteiger partial charge on any atom is -0.456 e. The second-order valence-electron chi connectivity index (χ2n) is 10.8. The first-order chi connectivity index (χ1) is 19.4. The molecule has 4 rings (SSSR count). The van der Waals surface area contributed by atoms with Crippen LogP contribution in [0.5, 0.6) is 5.75 Å². The predicted octanol–water partition coefficient (Wildman–Crippen LogP) is 3.32. The molecule has 1 aromatic carbocycles. The highest BCUT2D eigenvalue weighted by molar-refractivity contribution is 7.33. The third kappa shape index (κ3) is 6.05. The molecule has 0 spiro atoms. The molecule has 1 aliphatic rings. The molecule has 41 heavy (non-hydrogen) atoms. The Balaban J connectivity index is 1.62. The van der Waals surface area contributed by atoms with Gasteiger partial charge in [-0.25, -0.2) is 14.1 Å². The van der Waals surface area contributed by atoms with E-state index in [0.717, 1.165) is 5.56 Å². The van der Waals surface area contributed by atoms with Crippen LogP contribution >= 0.6 is 8.25 Å². The molecule has 1 unspecified atom stereocenters. The maximum Gasteiger partial charge on any atom is 0.367 e. The molecule has 2 aromatic heterocycles. The molecule has 13 nitrogen and oxygen atoms in total. The summed E-state index contributed by atoms with van der Waals surface area (Å²) in [7, 11) is -3.12. The smallest absolute Gasteiger partial charge is 0.367 e. The van der Waals surface area contributed by atoms with Crippen LogP contribution in [-0.2, 0) is 43.9 Å². The standard InChI is InChI=1S/C27H32N5O8P/c1-16(2)25(34)38-22-20(12-37-41(35)40-18-8-6-17(7-9-18)26(3,4)5)39-27(13-28,23(22)36-15-33)21-11-10-19-24(29)30-14-31-32(19)21/h6-11,14-16,20,22-23,41H,12H2,1-5H3,(H2,29,30,31)/t20-,22-,23-,27+/m1/s1. The second kappa shape index (κ2) is 11.9. The number of hydrogen-bond acceptors (Lipinski definition) is 12. The van der Waals surface area contributed by atoms with E-state index in [9.17, 15) is 19.4 Å². The Morgan fingerprint density at radius 3 is 2.59 bits per heavy atom. The van der Waals surface area contributed by atoms with Gasteiger partial charge in [0.05, 0.1) is 18.2 Å². The SMILES string of the molecule is CC(C)C(=O)O[C@H]1[C@@H](OC=O)[C@](C#N)(c2ccc3c(N)ncnn23)O[C@@H]1CO[PH](=O)Oc1ccc(C(C)(C)C)cc1.